The molecule has 2 heterocycles. The highest BCUT2D eigenvalue weighted by Gasteiger charge is 2.22. The highest BCUT2D eigenvalue weighted by molar-refractivity contribution is 7.13. The maximum atomic E-state index is 11.3. The minimum atomic E-state index is -1.10. The van der Waals surface area contributed by atoms with Crippen molar-refractivity contribution in [1.29, 1.82) is 0 Å². The molecule has 2 aromatic heterocycles. The number of hydrogen-bond donors (Lipinski definition) is 1. The summed E-state index contributed by atoms with van der Waals surface area (Å²) in [5, 5.41) is 19.4. The fraction of sp³-hybridized carbons (Fsp3) is 0. The van der Waals surface area contributed by atoms with Crippen LogP contribution in [0, 0.1) is 0 Å². The number of carbonyl (C=O) groups is 1. The van der Waals surface area contributed by atoms with Gasteiger partial charge in [-0.1, -0.05) is 22.9 Å². The van der Waals surface area contributed by atoms with Gasteiger partial charge in [0.25, 0.3) is 0 Å². The molecule has 0 saturated carbocycles. The van der Waals surface area contributed by atoms with E-state index in [1.807, 2.05) is 17.5 Å². The molecule has 1 N–H and O–H groups in total. The first-order valence-corrected chi connectivity index (χ1v) is 6.91. The van der Waals surface area contributed by atoms with Crippen LogP contribution in [0.3, 0.4) is 0 Å². The normalized spacial score (nSPS) is 10.7. The van der Waals surface area contributed by atoms with E-state index in [9.17, 15) is 9.90 Å². The van der Waals surface area contributed by atoms with Crippen molar-refractivity contribution in [1.82, 2.24) is 15.0 Å². The monoisotopic (exact) mass is 305 g/mol. The van der Waals surface area contributed by atoms with Crippen LogP contribution in [-0.4, -0.2) is 26.1 Å². The predicted octanol–water partition coefficient (Wildman–Crippen LogP) is 3.35. The summed E-state index contributed by atoms with van der Waals surface area (Å²) in [5.74, 6) is -1.10. The van der Waals surface area contributed by atoms with Crippen molar-refractivity contribution in [3.05, 3.63) is 52.5 Å². The Morgan fingerprint density at radius 3 is 2.60 bits per heavy atom. The molecule has 7 heteroatoms. The highest BCUT2D eigenvalue weighted by atomic mass is 35.5. The molecule has 0 bridgehead atoms. The molecule has 0 radical (unpaired) electrons. The summed E-state index contributed by atoms with van der Waals surface area (Å²) in [6.45, 7) is 0. The van der Waals surface area contributed by atoms with Gasteiger partial charge in [-0.25, -0.2) is 9.48 Å². The van der Waals surface area contributed by atoms with Crippen molar-refractivity contribution in [2.45, 2.75) is 0 Å². The Morgan fingerprint density at radius 1 is 1.25 bits per heavy atom. The second kappa shape index (κ2) is 5.07. The summed E-state index contributed by atoms with van der Waals surface area (Å²) in [6.07, 6.45) is 0. The molecule has 100 valence electrons. The largest absolute Gasteiger partial charge is 0.476 e. The second-order valence-corrected chi connectivity index (χ2v) is 5.34. The molecule has 5 nitrogen and oxygen atoms in total. The first-order chi connectivity index (χ1) is 9.66. The Bertz CT molecular complexity index is 751. The van der Waals surface area contributed by atoms with Gasteiger partial charge in [-0.3, -0.25) is 0 Å². The number of hydrogen-bond acceptors (Lipinski definition) is 4. The summed E-state index contributed by atoms with van der Waals surface area (Å²) < 4.78 is 1.51. The van der Waals surface area contributed by atoms with Gasteiger partial charge < -0.3 is 5.11 Å². The second-order valence-electron chi connectivity index (χ2n) is 3.96. The average molecular weight is 306 g/mol. The average Bonchev–Trinajstić information content (AvgIpc) is 3.08. The van der Waals surface area contributed by atoms with Gasteiger partial charge in [0.1, 0.15) is 5.69 Å². The number of aromatic carboxylic acids is 1. The fourth-order valence-electron chi connectivity index (χ4n) is 1.82. The van der Waals surface area contributed by atoms with Crippen molar-refractivity contribution in [2.75, 3.05) is 0 Å². The third-order valence-electron chi connectivity index (χ3n) is 2.70. The maximum Gasteiger partial charge on any atom is 0.358 e. The number of carboxylic acid groups (broad SMARTS) is 1. The lowest BCUT2D eigenvalue weighted by molar-refractivity contribution is 0.0691. The minimum Gasteiger partial charge on any atom is -0.476 e. The fourth-order valence-corrected chi connectivity index (χ4v) is 2.70. The van der Waals surface area contributed by atoms with Gasteiger partial charge in [-0.05, 0) is 35.7 Å². The van der Waals surface area contributed by atoms with Gasteiger partial charge >= 0.3 is 5.97 Å². The Labute approximate surface area is 123 Å². The zero-order chi connectivity index (χ0) is 14.1. The molecule has 0 saturated heterocycles. The topological polar surface area (TPSA) is 68.0 Å². The molecule has 0 spiro atoms. The van der Waals surface area contributed by atoms with Crippen molar-refractivity contribution in [3.63, 3.8) is 0 Å². The molecule has 0 atom stereocenters. The first-order valence-electron chi connectivity index (χ1n) is 5.65. The first kappa shape index (κ1) is 12.8. The van der Waals surface area contributed by atoms with Crippen LogP contribution in [0.15, 0.2) is 41.8 Å². The molecule has 0 aliphatic rings. The van der Waals surface area contributed by atoms with E-state index in [0.29, 0.717) is 16.4 Å². The number of halogens is 1. The molecule has 20 heavy (non-hydrogen) atoms. The molecule has 0 aliphatic heterocycles. The third kappa shape index (κ3) is 2.19. The molecule has 0 unspecified atom stereocenters. The van der Waals surface area contributed by atoms with E-state index >= 15 is 0 Å². The van der Waals surface area contributed by atoms with Gasteiger partial charge in [-0.2, -0.15) is 0 Å². The van der Waals surface area contributed by atoms with Crippen LogP contribution in [-0.2, 0) is 0 Å². The Morgan fingerprint density at radius 2 is 2.00 bits per heavy atom. The quantitative estimate of drug-likeness (QED) is 0.805. The Kier molecular flexibility index (Phi) is 3.25. The summed E-state index contributed by atoms with van der Waals surface area (Å²) in [4.78, 5) is 12.1. The van der Waals surface area contributed by atoms with Gasteiger partial charge in [0, 0.05) is 5.02 Å². The summed E-state index contributed by atoms with van der Waals surface area (Å²) in [6, 6.07) is 10.7. The zero-order valence-electron chi connectivity index (χ0n) is 10.0. The molecule has 0 amide bonds. The summed E-state index contributed by atoms with van der Waals surface area (Å²) >= 11 is 7.29. The van der Waals surface area contributed by atoms with Crippen molar-refractivity contribution < 1.29 is 9.90 Å². The van der Waals surface area contributed by atoms with Crippen LogP contribution < -0.4 is 0 Å². The Hall–Kier alpha value is -2.18. The number of carboxylic acids is 1. The molecular weight excluding hydrogens is 298 g/mol. The molecule has 0 aliphatic carbocycles. The van der Waals surface area contributed by atoms with E-state index in [2.05, 4.69) is 10.3 Å². The van der Waals surface area contributed by atoms with Crippen LogP contribution in [0.1, 0.15) is 10.5 Å². The van der Waals surface area contributed by atoms with Crippen molar-refractivity contribution in [3.8, 4) is 16.3 Å². The van der Waals surface area contributed by atoms with Gasteiger partial charge in [-0.15, -0.1) is 16.4 Å². The standard InChI is InChI=1S/C13H8ClN3O2S/c14-8-3-5-9(6-4-8)17-12(10-2-1-7-20-10)11(13(18)19)15-16-17/h1-7H,(H,18,19). The summed E-state index contributed by atoms with van der Waals surface area (Å²) in [7, 11) is 0. The maximum absolute atomic E-state index is 11.3. The zero-order valence-corrected chi connectivity index (χ0v) is 11.6. The molecule has 0 fully saturated rings. The lowest BCUT2D eigenvalue weighted by atomic mass is 10.2. The smallest absolute Gasteiger partial charge is 0.358 e. The SMILES string of the molecule is O=C(O)c1nnn(-c2ccc(Cl)cc2)c1-c1cccs1. The lowest BCUT2D eigenvalue weighted by Gasteiger charge is -2.05. The van der Waals surface area contributed by atoms with Crippen LogP contribution in [0.2, 0.25) is 5.02 Å². The van der Waals surface area contributed by atoms with Crippen LogP contribution in [0.25, 0.3) is 16.3 Å². The third-order valence-corrected chi connectivity index (χ3v) is 3.83. The lowest BCUT2D eigenvalue weighted by Crippen LogP contribution is -2.02. The van der Waals surface area contributed by atoms with Crippen LogP contribution in [0.5, 0.6) is 0 Å². The predicted molar refractivity (Wildman–Crippen MR) is 76.6 cm³/mol. The van der Waals surface area contributed by atoms with Gasteiger partial charge in [0.05, 0.1) is 10.6 Å². The number of benzene rings is 1. The molecule has 3 aromatic rings. The highest BCUT2D eigenvalue weighted by Crippen LogP contribution is 2.29. The molecule has 1 aromatic carbocycles. The van der Waals surface area contributed by atoms with Crippen LogP contribution >= 0.6 is 22.9 Å². The molecular formula is C13H8ClN3O2S. The van der Waals surface area contributed by atoms with Crippen LogP contribution in [0.4, 0.5) is 0 Å². The van der Waals surface area contributed by atoms with E-state index in [4.69, 9.17) is 11.6 Å². The summed E-state index contributed by atoms with van der Waals surface area (Å²) in [5.41, 5.74) is 1.11. The number of nitrogens with zero attached hydrogens (tertiary/aromatic N) is 3. The van der Waals surface area contributed by atoms with E-state index in [1.165, 1.54) is 16.0 Å². The minimum absolute atomic E-state index is 0.0672. The number of thiophene rings is 1. The number of aromatic nitrogens is 3. The van der Waals surface area contributed by atoms with Gasteiger partial charge in [0.2, 0.25) is 0 Å². The van der Waals surface area contributed by atoms with E-state index in [0.717, 1.165) is 4.88 Å². The molecule has 3 rings (SSSR count). The van der Waals surface area contributed by atoms with E-state index < -0.39 is 5.97 Å². The van der Waals surface area contributed by atoms with Gasteiger partial charge in [0.15, 0.2) is 5.69 Å². The van der Waals surface area contributed by atoms with Crippen molar-refractivity contribution in [2.24, 2.45) is 0 Å². The van der Waals surface area contributed by atoms with E-state index in [1.54, 1.807) is 24.3 Å². The Balaban J connectivity index is 2.21. The van der Waals surface area contributed by atoms with Crippen molar-refractivity contribution >= 4 is 28.9 Å². The number of rotatable bonds is 3. The van der Waals surface area contributed by atoms with E-state index in [-0.39, 0.29) is 5.69 Å².